The molecule has 38 heavy (non-hydrogen) atoms. The van der Waals surface area contributed by atoms with Crippen LogP contribution in [-0.2, 0) is 12.4 Å². The molecule has 0 aliphatic rings. The van der Waals surface area contributed by atoms with Crippen molar-refractivity contribution < 1.29 is 35.9 Å². The van der Waals surface area contributed by atoms with Crippen molar-refractivity contribution in [1.82, 2.24) is 9.78 Å². The van der Waals surface area contributed by atoms with Gasteiger partial charge >= 0.3 is 12.4 Å². The summed E-state index contributed by atoms with van der Waals surface area (Å²) in [5.74, 6) is -1.87. The number of hydrogen-bond donors (Lipinski definition) is 1. The van der Waals surface area contributed by atoms with Crippen LogP contribution in [0.4, 0.5) is 32.0 Å². The normalized spacial score (nSPS) is 11.6. The molecule has 194 valence electrons. The van der Waals surface area contributed by atoms with E-state index in [-0.39, 0.29) is 28.1 Å². The van der Waals surface area contributed by atoms with E-state index in [2.05, 4.69) is 10.4 Å². The number of aromatic nitrogens is 2. The molecule has 4 aromatic rings. The third-order valence-electron chi connectivity index (χ3n) is 5.44. The summed E-state index contributed by atoms with van der Waals surface area (Å²) in [7, 11) is 0.950. The van der Waals surface area contributed by atoms with Crippen LogP contribution in [0.25, 0.3) is 16.8 Å². The highest BCUT2D eigenvalue weighted by molar-refractivity contribution is 6.05. The van der Waals surface area contributed by atoms with Crippen LogP contribution < -0.4 is 10.1 Å². The number of hydrogen-bond acceptors (Lipinski definition) is 4. The van der Waals surface area contributed by atoms with Crippen molar-refractivity contribution in [1.29, 1.82) is 5.26 Å². The zero-order valence-corrected chi connectivity index (χ0v) is 19.4. The number of halogens is 6. The Balaban J connectivity index is 1.73. The molecule has 0 saturated carbocycles. The fourth-order valence-corrected chi connectivity index (χ4v) is 3.78. The van der Waals surface area contributed by atoms with Gasteiger partial charge in [0.25, 0.3) is 5.91 Å². The van der Waals surface area contributed by atoms with Gasteiger partial charge in [0.15, 0.2) is 11.4 Å². The lowest BCUT2D eigenvalue weighted by Crippen LogP contribution is -2.18. The highest BCUT2D eigenvalue weighted by Crippen LogP contribution is 2.39. The molecule has 0 spiro atoms. The van der Waals surface area contributed by atoms with Gasteiger partial charge in [0, 0.05) is 5.69 Å². The van der Waals surface area contributed by atoms with Gasteiger partial charge in [-0.15, -0.1) is 0 Å². The molecule has 3 aromatic carbocycles. The SMILES string of the molecule is COc1c(C(F)(F)F)nn(-c2cccc(C#N)c2)c1C(=O)Nc1ccc(-c2ccccc2C(F)(F)F)cc1. The van der Waals surface area contributed by atoms with Crippen LogP contribution in [0.1, 0.15) is 27.3 Å². The predicted octanol–water partition coefficient (Wildman–Crippen LogP) is 6.71. The maximum Gasteiger partial charge on any atom is 0.438 e. The Morgan fingerprint density at radius 2 is 1.63 bits per heavy atom. The molecule has 0 bridgehead atoms. The smallest absolute Gasteiger partial charge is 0.438 e. The number of benzene rings is 3. The first-order valence-electron chi connectivity index (χ1n) is 10.8. The summed E-state index contributed by atoms with van der Waals surface area (Å²) in [6.07, 6.45) is -9.55. The van der Waals surface area contributed by atoms with Crippen molar-refractivity contribution >= 4 is 11.6 Å². The molecule has 1 amide bonds. The lowest BCUT2D eigenvalue weighted by atomic mass is 9.99. The molecule has 0 aliphatic heterocycles. The van der Waals surface area contributed by atoms with Crippen molar-refractivity contribution in [3.05, 3.63) is 95.3 Å². The Morgan fingerprint density at radius 3 is 2.24 bits per heavy atom. The van der Waals surface area contributed by atoms with E-state index in [0.29, 0.717) is 4.68 Å². The number of methoxy groups -OCH3 is 1. The van der Waals surface area contributed by atoms with Crippen LogP contribution in [0.3, 0.4) is 0 Å². The number of carbonyl (C=O) groups excluding carboxylic acids is 1. The summed E-state index contributed by atoms with van der Waals surface area (Å²) < 4.78 is 86.8. The molecule has 0 radical (unpaired) electrons. The predicted molar refractivity (Wildman–Crippen MR) is 125 cm³/mol. The van der Waals surface area contributed by atoms with Gasteiger partial charge in [0.1, 0.15) is 0 Å². The molecule has 6 nitrogen and oxygen atoms in total. The maximum atomic E-state index is 13.7. The van der Waals surface area contributed by atoms with Crippen molar-refractivity contribution in [2.24, 2.45) is 0 Å². The molecule has 1 aromatic heterocycles. The summed E-state index contributed by atoms with van der Waals surface area (Å²) in [6.45, 7) is 0. The number of nitrogens with one attached hydrogen (secondary N) is 1. The van der Waals surface area contributed by atoms with Crippen LogP contribution in [-0.4, -0.2) is 22.8 Å². The van der Waals surface area contributed by atoms with E-state index >= 15 is 0 Å². The minimum atomic E-state index is -4.97. The van der Waals surface area contributed by atoms with E-state index in [1.54, 1.807) is 0 Å². The third kappa shape index (κ3) is 5.17. The second-order valence-corrected chi connectivity index (χ2v) is 7.88. The van der Waals surface area contributed by atoms with E-state index in [4.69, 9.17) is 10.00 Å². The summed E-state index contributed by atoms with van der Waals surface area (Å²) >= 11 is 0. The average Bonchev–Trinajstić information content (AvgIpc) is 3.29. The zero-order chi connectivity index (χ0) is 27.7. The van der Waals surface area contributed by atoms with Gasteiger partial charge in [-0.05, 0) is 47.5 Å². The van der Waals surface area contributed by atoms with Crippen LogP contribution in [0.5, 0.6) is 5.75 Å². The minimum Gasteiger partial charge on any atom is -0.492 e. The largest absolute Gasteiger partial charge is 0.492 e. The Kier molecular flexibility index (Phi) is 6.87. The quantitative estimate of drug-likeness (QED) is 0.291. The van der Waals surface area contributed by atoms with Crippen molar-refractivity contribution in [2.75, 3.05) is 12.4 Å². The lowest BCUT2D eigenvalue weighted by Gasteiger charge is -2.14. The first kappa shape index (κ1) is 26.3. The van der Waals surface area contributed by atoms with Gasteiger partial charge in [-0.3, -0.25) is 4.79 Å². The van der Waals surface area contributed by atoms with Crippen LogP contribution in [0, 0.1) is 11.3 Å². The monoisotopic (exact) mass is 530 g/mol. The third-order valence-corrected chi connectivity index (χ3v) is 5.44. The highest BCUT2D eigenvalue weighted by atomic mass is 19.4. The summed E-state index contributed by atoms with van der Waals surface area (Å²) in [5, 5.41) is 15.1. The van der Waals surface area contributed by atoms with Gasteiger partial charge in [-0.1, -0.05) is 36.4 Å². The van der Waals surface area contributed by atoms with Crippen molar-refractivity contribution in [3.63, 3.8) is 0 Å². The number of carbonyl (C=O) groups is 1. The van der Waals surface area contributed by atoms with E-state index in [0.717, 1.165) is 13.2 Å². The second kappa shape index (κ2) is 9.93. The van der Waals surface area contributed by atoms with Gasteiger partial charge in [0.05, 0.1) is 30.0 Å². The Morgan fingerprint density at radius 1 is 0.947 bits per heavy atom. The summed E-state index contributed by atoms with van der Waals surface area (Å²) in [4.78, 5) is 13.2. The molecule has 4 rings (SSSR count). The van der Waals surface area contributed by atoms with E-state index < -0.39 is 41.0 Å². The molecule has 12 heteroatoms. The van der Waals surface area contributed by atoms with E-state index in [1.807, 2.05) is 6.07 Å². The first-order chi connectivity index (χ1) is 17.9. The molecule has 0 fully saturated rings. The molecule has 0 unspecified atom stereocenters. The molecule has 0 saturated heterocycles. The fraction of sp³-hybridized carbons (Fsp3) is 0.115. The fourth-order valence-electron chi connectivity index (χ4n) is 3.78. The van der Waals surface area contributed by atoms with Crippen molar-refractivity contribution in [2.45, 2.75) is 12.4 Å². The van der Waals surface area contributed by atoms with Gasteiger partial charge in [-0.25, -0.2) is 4.68 Å². The average molecular weight is 530 g/mol. The highest BCUT2D eigenvalue weighted by Gasteiger charge is 2.42. The Bertz CT molecular complexity index is 1530. The topological polar surface area (TPSA) is 79.9 Å². The molecular weight excluding hydrogens is 514 g/mol. The summed E-state index contributed by atoms with van der Waals surface area (Å²) in [5.41, 5.74) is -2.54. The number of rotatable bonds is 5. The Labute approximate surface area is 211 Å². The number of nitriles is 1. The summed E-state index contributed by atoms with van der Waals surface area (Å²) in [6, 6.07) is 17.6. The van der Waals surface area contributed by atoms with Crippen LogP contribution >= 0.6 is 0 Å². The maximum absolute atomic E-state index is 13.7. The standard InChI is InChI=1S/C26H16F6N4O2/c1-38-22-21(36(35-23(22)26(30,31)32)18-6-4-5-15(13-18)14-33)24(37)34-17-11-9-16(10-12-17)19-7-2-3-8-20(19)25(27,28)29/h2-13H,1H3,(H,34,37). The number of anilines is 1. The second-order valence-electron chi connectivity index (χ2n) is 7.88. The molecular formula is C26H16F6N4O2. The van der Waals surface area contributed by atoms with Gasteiger partial charge < -0.3 is 10.1 Å². The van der Waals surface area contributed by atoms with Gasteiger partial charge in [0.2, 0.25) is 5.69 Å². The molecule has 0 aliphatic carbocycles. The number of nitrogens with zero attached hydrogens (tertiary/aromatic N) is 3. The number of alkyl halides is 6. The zero-order valence-electron chi connectivity index (χ0n) is 19.4. The van der Waals surface area contributed by atoms with Gasteiger partial charge in [-0.2, -0.15) is 36.7 Å². The minimum absolute atomic E-state index is 0.00195. The number of amides is 1. The molecule has 1 heterocycles. The lowest BCUT2D eigenvalue weighted by molar-refractivity contribution is -0.142. The van der Waals surface area contributed by atoms with Crippen LogP contribution in [0.15, 0.2) is 72.8 Å². The Hall–Kier alpha value is -4.79. The van der Waals surface area contributed by atoms with E-state index in [9.17, 15) is 31.1 Å². The van der Waals surface area contributed by atoms with Crippen LogP contribution in [0.2, 0.25) is 0 Å². The number of ether oxygens (including phenoxy) is 1. The van der Waals surface area contributed by atoms with E-state index in [1.165, 1.54) is 66.7 Å². The molecule has 1 N–H and O–H groups in total. The first-order valence-corrected chi connectivity index (χ1v) is 10.8. The molecule has 0 atom stereocenters. The van der Waals surface area contributed by atoms with Crippen molar-refractivity contribution in [3.8, 4) is 28.6 Å².